The molecule has 3 rings (SSSR count). The largest absolute Gasteiger partial charge is 0.385 e. The van der Waals surface area contributed by atoms with Gasteiger partial charge in [-0.2, -0.15) is 0 Å². The Morgan fingerprint density at radius 2 is 2.10 bits per heavy atom. The first-order valence-electron chi connectivity index (χ1n) is 8.38. The maximum absolute atomic E-state index is 12.6. The van der Waals surface area contributed by atoms with Gasteiger partial charge in [-0.15, -0.1) is 0 Å². The van der Waals surface area contributed by atoms with Crippen LogP contribution in [0.2, 0.25) is 0 Å². The second-order valence-corrected chi connectivity index (χ2v) is 6.61. The third-order valence-electron chi connectivity index (χ3n) is 5.38. The van der Waals surface area contributed by atoms with Crippen LogP contribution in [0.4, 0.5) is 5.69 Å². The zero-order valence-corrected chi connectivity index (χ0v) is 13.0. The Labute approximate surface area is 127 Å². The molecule has 1 aliphatic carbocycles. The second kappa shape index (κ2) is 6.08. The first kappa shape index (κ1) is 14.4. The minimum atomic E-state index is 0.107. The van der Waals surface area contributed by atoms with E-state index in [4.69, 9.17) is 0 Å². The highest BCUT2D eigenvalue weighted by molar-refractivity contribution is 5.97. The number of anilines is 1. The van der Waals surface area contributed by atoms with E-state index in [1.807, 2.05) is 12.1 Å². The third kappa shape index (κ3) is 2.92. The summed E-state index contributed by atoms with van der Waals surface area (Å²) in [4.78, 5) is 12.6. The van der Waals surface area contributed by atoms with Crippen LogP contribution in [0.1, 0.15) is 61.4 Å². The van der Waals surface area contributed by atoms with Gasteiger partial charge in [-0.25, -0.2) is 0 Å². The highest BCUT2D eigenvalue weighted by Gasteiger charge is 2.32. The van der Waals surface area contributed by atoms with E-state index in [1.165, 1.54) is 37.7 Å². The molecular formula is C18H26N2O. The fourth-order valence-corrected chi connectivity index (χ4v) is 3.87. The predicted octanol–water partition coefficient (Wildman–Crippen LogP) is 3.74. The lowest BCUT2D eigenvalue weighted by Crippen LogP contribution is -2.36. The van der Waals surface area contributed by atoms with Crippen molar-refractivity contribution in [3.8, 4) is 0 Å². The Balaban J connectivity index is 1.71. The number of benzene rings is 1. The maximum Gasteiger partial charge on any atom is 0.251 e. The van der Waals surface area contributed by atoms with Crippen molar-refractivity contribution in [3.63, 3.8) is 0 Å². The van der Waals surface area contributed by atoms with Crippen LogP contribution in [0.25, 0.3) is 0 Å². The van der Waals surface area contributed by atoms with Crippen LogP contribution in [0, 0.1) is 5.41 Å². The first-order chi connectivity index (χ1) is 10.2. The minimum absolute atomic E-state index is 0.107. The molecule has 2 aliphatic rings. The molecule has 0 aromatic heterocycles. The van der Waals surface area contributed by atoms with Gasteiger partial charge < -0.3 is 10.6 Å². The lowest BCUT2D eigenvalue weighted by Gasteiger charge is -2.28. The molecule has 0 bridgehead atoms. The molecule has 0 atom stereocenters. The molecule has 0 unspecified atom stereocenters. The molecule has 21 heavy (non-hydrogen) atoms. The van der Waals surface area contributed by atoms with Gasteiger partial charge in [0, 0.05) is 24.3 Å². The Hall–Kier alpha value is -1.51. The Morgan fingerprint density at radius 3 is 2.86 bits per heavy atom. The standard InChI is InChI=1S/C18H26N2O/c1-2-18(10-3-4-11-18)13-20-17(21)15-7-5-9-16-14(15)8-6-12-19-16/h5,7,9,19H,2-4,6,8,10-13H2,1H3,(H,20,21). The molecule has 0 spiro atoms. The van der Waals surface area contributed by atoms with Crippen LogP contribution < -0.4 is 10.6 Å². The van der Waals surface area contributed by atoms with E-state index in [-0.39, 0.29) is 5.91 Å². The van der Waals surface area contributed by atoms with E-state index in [2.05, 4.69) is 23.6 Å². The highest BCUT2D eigenvalue weighted by Crippen LogP contribution is 2.40. The van der Waals surface area contributed by atoms with Gasteiger partial charge in [-0.05, 0) is 55.2 Å². The molecule has 3 nitrogen and oxygen atoms in total. The molecule has 0 radical (unpaired) electrons. The smallest absolute Gasteiger partial charge is 0.251 e. The average Bonchev–Trinajstić information content (AvgIpc) is 3.01. The summed E-state index contributed by atoms with van der Waals surface area (Å²) in [5.74, 6) is 0.107. The molecule has 1 aromatic carbocycles. The van der Waals surface area contributed by atoms with Gasteiger partial charge >= 0.3 is 0 Å². The molecule has 1 saturated carbocycles. The molecule has 1 aliphatic heterocycles. The molecule has 1 aromatic rings. The van der Waals surface area contributed by atoms with Crippen molar-refractivity contribution in [2.45, 2.75) is 51.9 Å². The van der Waals surface area contributed by atoms with Gasteiger partial charge in [0.15, 0.2) is 0 Å². The molecule has 1 fully saturated rings. The maximum atomic E-state index is 12.6. The predicted molar refractivity (Wildman–Crippen MR) is 86.8 cm³/mol. The quantitative estimate of drug-likeness (QED) is 0.885. The summed E-state index contributed by atoms with van der Waals surface area (Å²) in [5.41, 5.74) is 3.55. The summed E-state index contributed by atoms with van der Waals surface area (Å²) in [6, 6.07) is 6.03. The van der Waals surface area contributed by atoms with Crippen LogP contribution >= 0.6 is 0 Å². The van der Waals surface area contributed by atoms with Gasteiger partial charge in [0.05, 0.1) is 0 Å². The van der Waals surface area contributed by atoms with Crippen LogP contribution in [0.5, 0.6) is 0 Å². The SMILES string of the molecule is CCC1(CNC(=O)c2cccc3c2CCCN3)CCCC1. The van der Waals surface area contributed by atoms with E-state index in [0.29, 0.717) is 5.41 Å². The van der Waals surface area contributed by atoms with Crippen molar-refractivity contribution in [1.29, 1.82) is 0 Å². The van der Waals surface area contributed by atoms with E-state index in [0.717, 1.165) is 37.2 Å². The normalized spacial score (nSPS) is 19.7. The van der Waals surface area contributed by atoms with E-state index >= 15 is 0 Å². The molecular weight excluding hydrogens is 260 g/mol. The topological polar surface area (TPSA) is 41.1 Å². The van der Waals surface area contributed by atoms with Gasteiger partial charge in [0.25, 0.3) is 5.91 Å². The van der Waals surface area contributed by atoms with E-state index in [1.54, 1.807) is 0 Å². The molecule has 1 heterocycles. The highest BCUT2D eigenvalue weighted by atomic mass is 16.1. The number of nitrogens with one attached hydrogen (secondary N) is 2. The molecule has 114 valence electrons. The number of hydrogen-bond acceptors (Lipinski definition) is 2. The molecule has 0 saturated heterocycles. The van der Waals surface area contributed by atoms with Crippen molar-refractivity contribution in [2.75, 3.05) is 18.4 Å². The van der Waals surface area contributed by atoms with Crippen LogP contribution in [-0.4, -0.2) is 19.0 Å². The summed E-state index contributed by atoms with van der Waals surface area (Å²) in [6.07, 6.45) is 8.43. The Bertz CT molecular complexity index is 518. The monoisotopic (exact) mass is 286 g/mol. The van der Waals surface area contributed by atoms with Crippen molar-refractivity contribution in [3.05, 3.63) is 29.3 Å². The van der Waals surface area contributed by atoms with Crippen molar-refractivity contribution in [2.24, 2.45) is 5.41 Å². The number of hydrogen-bond donors (Lipinski definition) is 2. The van der Waals surface area contributed by atoms with Crippen molar-refractivity contribution >= 4 is 11.6 Å². The van der Waals surface area contributed by atoms with Crippen molar-refractivity contribution in [1.82, 2.24) is 5.32 Å². The Morgan fingerprint density at radius 1 is 1.29 bits per heavy atom. The molecule has 3 heteroatoms. The molecule has 2 N–H and O–H groups in total. The van der Waals surface area contributed by atoms with Crippen LogP contribution in [-0.2, 0) is 6.42 Å². The second-order valence-electron chi connectivity index (χ2n) is 6.61. The molecule has 1 amide bonds. The number of carbonyl (C=O) groups excluding carboxylic acids is 1. The summed E-state index contributed by atoms with van der Waals surface area (Å²) in [6.45, 7) is 4.10. The third-order valence-corrected chi connectivity index (χ3v) is 5.38. The van der Waals surface area contributed by atoms with E-state index in [9.17, 15) is 4.79 Å². The minimum Gasteiger partial charge on any atom is -0.385 e. The summed E-state index contributed by atoms with van der Waals surface area (Å²) < 4.78 is 0. The van der Waals surface area contributed by atoms with Crippen molar-refractivity contribution < 1.29 is 4.79 Å². The summed E-state index contributed by atoms with van der Waals surface area (Å²) in [5, 5.41) is 6.61. The van der Waals surface area contributed by atoms with Gasteiger partial charge in [0.2, 0.25) is 0 Å². The zero-order chi connectivity index (χ0) is 14.7. The summed E-state index contributed by atoms with van der Waals surface area (Å²) in [7, 11) is 0. The lowest BCUT2D eigenvalue weighted by molar-refractivity contribution is 0.0928. The Kier molecular flexibility index (Phi) is 4.18. The number of fused-ring (bicyclic) bond motifs is 1. The fraction of sp³-hybridized carbons (Fsp3) is 0.611. The average molecular weight is 286 g/mol. The van der Waals surface area contributed by atoms with Gasteiger partial charge in [-0.1, -0.05) is 25.8 Å². The summed E-state index contributed by atoms with van der Waals surface area (Å²) >= 11 is 0. The lowest BCUT2D eigenvalue weighted by atomic mass is 9.83. The van der Waals surface area contributed by atoms with Gasteiger partial charge in [0.1, 0.15) is 0 Å². The zero-order valence-electron chi connectivity index (χ0n) is 13.0. The number of amides is 1. The van der Waals surface area contributed by atoms with Gasteiger partial charge in [-0.3, -0.25) is 4.79 Å². The van der Waals surface area contributed by atoms with Crippen LogP contribution in [0.15, 0.2) is 18.2 Å². The van der Waals surface area contributed by atoms with Crippen LogP contribution in [0.3, 0.4) is 0 Å². The fourth-order valence-electron chi connectivity index (χ4n) is 3.87. The number of rotatable bonds is 4. The number of carbonyl (C=O) groups is 1. The van der Waals surface area contributed by atoms with E-state index < -0.39 is 0 Å². The first-order valence-corrected chi connectivity index (χ1v) is 8.38.